The summed E-state index contributed by atoms with van der Waals surface area (Å²) >= 11 is 0. The largest absolute Gasteiger partial charge is 0.394 e. The molecular weight excluding hydrogens is 222 g/mol. The third-order valence-electron chi connectivity index (χ3n) is 2.17. The molecule has 0 unspecified atom stereocenters. The summed E-state index contributed by atoms with van der Waals surface area (Å²) < 4.78 is 1.10. The van der Waals surface area contributed by atoms with Crippen LogP contribution in [0.2, 0.25) is 0 Å². The minimum Gasteiger partial charge on any atom is -0.394 e. The highest BCUT2D eigenvalue weighted by Crippen LogP contribution is 1.99. The van der Waals surface area contributed by atoms with Crippen LogP contribution >= 0.6 is 0 Å². The zero-order valence-electron chi connectivity index (χ0n) is 10.2. The number of aryl methyl sites for hydroxylation is 1. The number of hydrogen-bond acceptors (Lipinski definition) is 4. The van der Waals surface area contributed by atoms with Gasteiger partial charge in [0.25, 0.3) is 5.56 Å². The molecule has 0 aliphatic rings. The van der Waals surface area contributed by atoms with Crippen molar-refractivity contribution in [3.05, 3.63) is 28.2 Å². The second-order valence-electron chi connectivity index (χ2n) is 4.56. The second kappa shape index (κ2) is 5.09. The summed E-state index contributed by atoms with van der Waals surface area (Å²) in [6.45, 7) is 4.80. The average Bonchev–Trinajstić information content (AvgIpc) is 2.23. The lowest BCUT2D eigenvalue weighted by atomic mass is 10.1. The molecule has 6 heteroatoms. The van der Waals surface area contributed by atoms with Crippen molar-refractivity contribution in [3.8, 4) is 0 Å². The molecule has 0 saturated carbocycles. The van der Waals surface area contributed by atoms with Crippen LogP contribution in [-0.2, 0) is 11.3 Å². The van der Waals surface area contributed by atoms with Crippen LogP contribution in [-0.4, -0.2) is 32.9 Å². The number of rotatable bonds is 4. The number of aliphatic hydroxyl groups is 1. The number of carbonyl (C=O) groups is 1. The zero-order chi connectivity index (χ0) is 13.1. The number of carbonyl (C=O) groups excluding carboxylic acids is 1. The molecule has 94 valence electrons. The fraction of sp³-hybridized carbons (Fsp3) is 0.545. The van der Waals surface area contributed by atoms with Crippen molar-refractivity contribution in [1.29, 1.82) is 0 Å². The normalized spacial score (nSPS) is 11.3. The Morgan fingerprint density at radius 2 is 2.18 bits per heavy atom. The Hall–Kier alpha value is -1.69. The first-order chi connectivity index (χ1) is 7.84. The first-order valence-corrected chi connectivity index (χ1v) is 5.31. The predicted molar refractivity (Wildman–Crippen MR) is 62.5 cm³/mol. The van der Waals surface area contributed by atoms with Gasteiger partial charge in [-0.25, -0.2) is 4.68 Å². The van der Waals surface area contributed by atoms with Crippen molar-refractivity contribution >= 4 is 5.91 Å². The number of nitrogens with zero attached hydrogens (tertiary/aromatic N) is 2. The highest BCUT2D eigenvalue weighted by atomic mass is 16.3. The molecule has 0 atom stereocenters. The summed E-state index contributed by atoms with van der Waals surface area (Å²) in [4.78, 5) is 23.0. The van der Waals surface area contributed by atoms with Crippen molar-refractivity contribution in [2.75, 3.05) is 6.61 Å². The van der Waals surface area contributed by atoms with Crippen LogP contribution in [0.15, 0.2) is 16.9 Å². The molecule has 2 N–H and O–H groups in total. The van der Waals surface area contributed by atoms with Crippen LogP contribution in [0.25, 0.3) is 0 Å². The Kier molecular flexibility index (Phi) is 4.01. The Morgan fingerprint density at radius 3 is 2.76 bits per heavy atom. The van der Waals surface area contributed by atoms with E-state index in [2.05, 4.69) is 10.4 Å². The predicted octanol–water partition coefficient (Wildman–Crippen LogP) is -0.561. The summed E-state index contributed by atoms with van der Waals surface area (Å²) in [5.41, 5.74) is -0.365. The van der Waals surface area contributed by atoms with E-state index in [0.29, 0.717) is 5.69 Å². The average molecular weight is 239 g/mol. The summed E-state index contributed by atoms with van der Waals surface area (Å²) in [6, 6.07) is 2.96. The monoisotopic (exact) mass is 239 g/mol. The Bertz CT molecular complexity index is 465. The quantitative estimate of drug-likeness (QED) is 0.737. The molecule has 1 rings (SSSR count). The summed E-state index contributed by atoms with van der Waals surface area (Å²) in [7, 11) is 0. The number of aliphatic hydroxyl groups excluding tert-OH is 1. The minimum absolute atomic E-state index is 0.149. The Morgan fingerprint density at radius 1 is 1.53 bits per heavy atom. The molecule has 1 aromatic heterocycles. The number of hydrogen-bond donors (Lipinski definition) is 2. The van der Waals surface area contributed by atoms with Crippen LogP contribution in [0, 0.1) is 6.92 Å². The van der Waals surface area contributed by atoms with Crippen molar-refractivity contribution in [3.63, 3.8) is 0 Å². The molecule has 0 spiro atoms. The molecule has 6 nitrogen and oxygen atoms in total. The van der Waals surface area contributed by atoms with E-state index in [-0.39, 0.29) is 24.6 Å². The molecule has 0 aliphatic heterocycles. The molecular formula is C11H17N3O3. The van der Waals surface area contributed by atoms with Crippen LogP contribution < -0.4 is 10.9 Å². The van der Waals surface area contributed by atoms with Crippen LogP contribution in [0.1, 0.15) is 19.5 Å². The van der Waals surface area contributed by atoms with E-state index < -0.39 is 5.54 Å². The van der Waals surface area contributed by atoms with Crippen LogP contribution in [0.3, 0.4) is 0 Å². The van der Waals surface area contributed by atoms with E-state index in [1.54, 1.807) is 26.8 Å². The van der Waals surface area contributed by atoms with Crippen molar-refractivity contribution < 1.29 is 9.90 Å². The SMILES string of the molecule is Cc1ccc(=O)n(CC(=O)NC(C)(C)CO)n1. The van der Waals surface area contributed by atoms with Gasteiger partial charge >= 0.3 is 0 Å². The first kappa shape index (κ1) is 13.4. The Balaban J connectivity index is 2.75. The van der Waals surface area contributed by atoms with Crippen molar-refractivity contribution in [2.45, 2.75) is 32.9 Å². The van der Waals surface area contributed by atoms with Crippen molar-refractivity contribution in [1.82, 2.24) is 15.1 Å². The number of aromatic nitrogens is 2. The lowest BCUT2D eigenvalue weighted by molar-refractivity contribution is -0.124. The van der Waals surface area contributed by atoms with Gasteiger partial charge in [-0.2, -0.15) is 5.10 Å². The van der Waals surface area contributed by atoms with E-state index in [9.17, 15) is 9.59 Å². The van der Waals surface area contributed by atoms with Gasteiger partial charge in [0.15, 0.2) is 0 Å². The molecule has 1 aromatic rings. The molecule has 0 aliphatic carbocycles. The van der Waals surface area contributed by atoms with Gasteiger partial charge in [-0.05, 0) is 26.8 Å². The zero-order valence-corrected chi connectivity index (χ0v) is 10.2. The number of amides is 1. The minimum atomic E-state index is -0.704. The Labute approximate surface area is 99.3 Å². The molecule has 1 amide bonds. The van der Waals surface area contributed by atoms with Gasteiger partial charge in [-0.15, -0.1) is 0 Å². The maximum atomic E-state index is 11.6. The van der Waals surface area contributed by atoms with Gasteiger partial charge in [0, 0.05) is 6.07 Å². The van der Waals surface area contributed by atoms with E-state index in [0.717, 1.165) is 4.68 Å². The van der Waals surface area contributed by atoms with Gasteiger partial charge in [0.1, 0.15) is 6.54 Å². The van der Waals surface area contributed by atoms with E-state index in [4.69, 9.17) is 5.11 Å². The van der Waals surface area contributed by atoms with Gasteiger partial charge in [-0.3, -0.25) is 9.59 Å². The summed E-state index contributed by atoms with van der Waals surface area (Å²) in [5, 5.41) is 15.6. The second-order valence-corrected chi connectivity index (χ2v) is 4.56. The number of nitrogens with one attached hydrogen (secondary N) is 1. The van der Waals surface area contributed by atoms with E-state index in [1.165, 1.54) is 6.07 Å². The van der Waals surface area contributed by atoms with Crippen LogP contribution in [0.4, 0.5) is 0 Å². The molecule has 0 bridgehead atoms. The maximum Gasteiger partial charge on any atom is 0.267 e. The topological polar surface area (TPSA) is 84.2 Å². The smallest absolute Gasteiger partial charge is 0.267 e. The van der Waals surface area contributed by atoms with Gasteiger partial charge in [0.2, 0.25) is 5.91 Å². The molecule has 1 heterocycles. The highest BCUT2D eigenvalue weighted by Gasteiger charge is 2.19. The fourth-order valence-electron chi connectivity index (χ4n) is 1.26. The third kappa shape index (κ3) is 3.99. The maximum absolute atomic E-state index is 11.6. The molecule has 0 aromatic carbocycles. The van der Waals surface area contributed by atoms with Crippen LogP contribution in [0.5, 0.6) is 0 Å². The molecule has 0 fully saturated rings. The molecule has 0 radical (unpaired) electrons. The lowest BCUT2D eigenvalue weighted by Gasteiger charge is -2.23. The van der Waals surface area contributed by atoms with E-state index >= 15 is 0 Å². The lowest BCUT2D eigenvalue weighted by Crippen LogP contribution is -2.48. The molecule has 17 heavy (non-hydrogen) atoms. The molecule has 0 saturated heterocycles. The van der Waals surface area contributed by atoms with E-state index in [1.807, 2.05) is 0 Å². The highest BCUT2D eigenvalue weighted by molar-refractivity contribution is 5.76. The third-order valence-corrected chi connectivity index (χ3v) is 2.17. The van der Waals surface area contributed by atoms with Gasteiger partial charge in [-0.1, -0.05) is 0 Å². The fourth-order valence-corrected chi connectivity index (χ4v) is 1.26. The van der Waals surface area contributed by atoms with Gasteiger partial charge < -0.3 is 10.4 Å². The van der Waals surface area contributed by atoms with Gasteiger partial charge in [0.05, 0.1) is 17.8 Å². The standard InChI is InChI=1S/C11H17N3O3/c1-8-4-5-10(17)14(13-8)6-9(16)12-11(2,3)7-15/h4-5,15H,6-7H2,1-3H3,(H,12,16). The summed E-state index contributed by atoms with van der Waals surface area (Å²) in [6.07, 6.45) is 0. The summed E-state index contributed by atoms with van der Waals surface area (Å²) in [5.74, 6) is -0.357. The first-order valence-electron chi connectivity index (χ1n) is 5.31. The van der Waals surface area contributed by atoms with Crippen molar-refractivity contribution in [2.24, 2.45) is 0 Å².